The number of nitrogens with zero attached hydrogens (tertiary/aromatic N) is 3. The summed E-state index contributed by atoms with van der Waals surface area (Å²) in [6, 6.07) is 16.4. The van der Waals surface area contributed by atoms with E-state index in [4.69, 9.17) is 0 Å². The number of imidazole rings is 1. The third-order valence-corrected chi connectivity index (χ3v) is 6.90. The maximum absolute atomic E-state index is 11.2. The molecule has 2 N–H and O–H groups in total. The predicted molar refractivity (Wildman–Crippen MR) is 139 cm³/mol. The maximum atomic E-state index is 11.2. The normalized spacial score (nSPS) is 20.2. The number of aromatic nitrogens is 2. The zero-order valence-corrected chi connectivity index (χ0v) is 20.7. The van der Waals surface area contributed by atoms with Gasteiger partial charge < -0.3 is 14.8 Å². The molecule has 3 aromatic rings. The fraction of sp³-hybridized carbons (Fsp3) is 0.333. The van der Waals surface area contributed by atoms with Gasteiger partial charge in [-0.1, -0.05) is 60.7 Å². The van der Waals surface area contributed by atoms with Crippen molar-refractivity contribution in [3.05, 3.63) is 84.0 Å². The van der Waals surface area contributed by atoms with Gasteiger partial charge >= 0.3 is 0 Å². The summed E-state index contributed by atoms with van der Waals surface area (Å²) in [6.07, 6.45) is 11.1. The molecule has 1 fully saturated rings. The molecule has 1 aliphatic rings. The Morgan fingerprint density at radius 1 is 1.11 bits per heavy atom. The average molecular weight is 494 g/mol. The van der Waals surface area contributed by atoms with E-state index < -0.39 is 16.1 Å². The summed E-state index contributed by atoms with van der Waals surface area (Å²) >= 11 is 0. The molecule has 8 heteroatoms. The number of hydrogen-bond acceptors (Lipinski definition) is 5. The van der Waals surface area contributed by atoms with Gasteiger partial charge in [-0.3, -0.25) is 0 Å². The molecule has 4 rings (SSSR count). The van der Waals surface area contributed by atoms with Crippen molar-refractivity contribution in [1.82, 2.24) is 9.55 Å². The lowest BCUT2D eigenvalue weighted by Gasteiger charge is -2.33. The van der Waals surface area contributed by atoms with E-state index in [1.165, 1.54) is 5.56 Å². The highest BCUT2D eigenvalue weighted by molar-refractivity contribution is 7.89. The first-order valence-corrected chi connectivity index (χ1v) is 13.5. The van der Waals surface area contributed by atoms with Gasteiger partial charge in [-0.2, -0.15) is 4.40 Å². The van der Waals surface area contributed by atoms with Gasteiger partial charge in [0.2, 0.25) is 10.0 Å². The summed E-state index contributed by atoms with van der Waals surface area (Å²) < 4.78 is 27.7. The van der Waals surface area contributed by atoms with Crippen molar-refractivity contribution in [3.63, 3.8) is 0 Å². The smallest absolute Gasteiger partial charge is 0.249 e. The van der Waals surface area contributed by atoms with Crippen LogP contribution in [0.15, 0.2) is 71.4 Å². The molecule has 0 aliphatic heterocycles. The second-order valence-electron chi connectivity index (χ2n) is 9.14. The van der Waals surface area contributed by atoms with Gasteiger partial charge in [0.05, 0.1) is 18.9 Å². The van der Waals surface area contributed by atoms with Crippen LogP contribution in [0.3, 0.4) is 0 Å². The third-order valence-electron chi connectivity index (χ3n) is 6.39. The highest BCUT2D eigenvalue weighted by Gasteiger charge is 2.29. The van der Waals surface area contributed by atoms with E-state index in [0.29, 0.717) is 11.7 Å². The Hall–Kier alpha value is -3.07. The van der Waals surface area contributed by atoms with Crippen LogP contribution in [0.5, 0.6) is 0 Å². The van der Waals surface area contributed by atoms with Crippen molar-refractivity contribution in [2.75, 3.05) is 12.9 Å². The van der Waals surface area contributed by atoms with Gasteiger partial charge in [-0.05, 0) is 53.9 Å². The Morgan fingerprint density at radius 3 is 2.31 bits per heavy atom. The molecule has 0 bridgehead atoms. The predicted octanol–water partition coefficient (Wildman–Crippen LogP) is 4.37. The lowest BCUT2D eigenvalue weighted by atomic mass is 9.72. The summed E-state index contributed by atoms with van der Waals surface area (Å²) in [6.45, 7) is 1.56. The van der Waals surface area contributed by atoms with Crippen LogP contribution in [0.1, 0.15) is 54.8 Å². The summed E-state index contributed by atoms with van der Waals surface area (Å²) in [4.78, 5) is 4.17. The molecule has 2 aromatic carbocycles. The lowest BCUT2D eigenvalue weighted by Crippen LogP contribution is -2.23. The Bertz CT molecular complexity index is 1290. The molecule has 0 radical (unpaired) electrons. The van der Waals surface area contributed by atoms with Gasteiger partial charge in [0.25, 0.3) is 0 Å². The van der Waals surface area contributed by atoms with Gasteiger partial charge in [0.1, 0.15) is 11.9 Å². The van der Waals surface area contributed by atoms with Gasteiger partial charge in [-0.25, -0.2) is 13.4 Å². The van der Waals surface area contributed by atoms with E-state index in [2.05, 4.69) is 45.8 Å². The molecule has 1 aromatic heterocycles. The molecule has 0 saturated heterocycles. The first-order valence-electron chi connectivity index (χ1n) is 11.7. The summed E-state index contributed by atoms with van der Waals surface area (Å²) in [7, 11) is -3.30. The van der Waals surface area contributed by atoms with Crippen molar-refractivity contribution < 1.29 is 18.6 Å². The first-order chi connectivity index (χ1) is 16.7. The molecular formula is C27H31N3O4S. The number of sulfonamides is 1. The molecule has 184 valence electrons. The van der Waals surface area contributed by atoms with Crippen LogP contribution in [0.4, 0.5) is 0 Å². The second-order valence-corrected chi connectivity index (χ2v) is 10.8. The largest absolute Gasteiger partial charge is 0.394 e. The average Bonchev–Trinajstić information content (AvgIpc) is 3.29. The minimum Gasteiger partial charge on any atom is -0.394 e. The van der Waals surface area contributed by atoms with Crippen LogP contribution in [0.25, 0.3) is 17.2 Å². The van der Waals surface area contributed by atoms with Crippen molar-refractivity contribution in [2.24, 2.45) is 10.3 Å². The zero-order valence-electron chi connectivity index (χ0n) is 19.9. The van der Waals surface area contributed by atoms with Crippen LogP contribution >= 0.6 is 0 Å². The van der Waals surface area contributed by atoms with Crippen LogP contribution in [-0.2, 0) is 10.0 Å². The standard InChI is InChI=1S/C27H31N3O4S/c1-19(32)27-28-13-14-30(27)26(18-31)12-5-20-3-6-22(7-4-20)23-8-10-24(11-9-23)25-15-21(16-25)17-29-35(2,33)34/h3-14,17,19,21,25-26,31-32H,15-16,18H2,1-2H3/b12-5+,29-17+/t19-,21?,25?,26-/m0/s1. The summed E-state index contributed by atoms with van der Waals surface area (Å²) in [5, 5.41) is 19.7. The van der Waals surface area contributed by atoms with Gasteiger partial charge in [0.15, 0.2) is 0 Å². The van der Waals surface area contributed by atoms with Gasteiger partial charge in [0, 0.05) is 18.6 Å². The number of aliphatic hydroxyl groups excluding tert-OH is 2. The quantitative estimate of drug-likeness (QED) is 0.431. The number of benzene rings is 2. The van der Waals surface area contributed by atoms with Crippen LogP contribution in [-0.4, -0.2) is 47.3 Å². The van der Waals surface area contributed by atoms with Crippen LogP contribution < -0.4 is 0 Å². The Labute approximate surface area is 206 Å². The van der Waals surface area contributed by atoms with E-state index in [1.807, 2.05) is 24.3 Å². The molecule has 2 atom stereocenters. The number of hydrogen-bond donors (Lipinski definition) is 2. The molecule has 1 saturated carbocycles. The molecule has 7 nitrogen and oxygen atoms in total. The Morgan fingerprint density at radius 2 is 1.74 bits per heavy atom. The molecule has 1 heterocycles. The fourth-order valence-electron chi connectivity index (χ4n) is 4.38. The van der Waals surface area contributed by atoms with E-state index in [9.17, 15) is 18.6 Å². The summed E-state index contributed by atoms with van der Waals surface area (Å²) in [5.74, 6) is 1.19. The first kappa shape index (κ1) is 25.0. The highest BCUT2D eigenvalue weighted by Crippen LogP contribution is 2.41. The number of rotatable bonds is 9. The molecule has 35 heavy (non-hydrogen) atoms. The SMILES string of the molecule is C[C@H](O)c1nccn1[C@@H](/C=C/c1ccc(-c2ccc(C3CC(/C=N/S(C)(=O)=O)C3)cc2)cc1)CO. The van der Waals surface area contributed by atoms with E-state index in [0.717, 1.165) is 35.8 Å². The second kappa shape index (κ2) is 10.7. The topological polar surface area (TPSA) is 105 Å². The minimum atomic E-state index is -3.30. The molecule has 0 spiro atoms. The minimum absolute atomic E-state index is 0.0940. The van der Waals surface area contributed by atoms with E-state index >= 15 is 0 Å². The number of aliphatic hydroxyl groups is 2. The van der Waals surface area contributed by atoms with Crippen molar-refractivity contribution in [2.45, 2.75) is 37.8 Å². The van der Waals surface area contributed by atoms with Crippen LogP contribution in [0, 0.1) is 5.92 Å². The van der Waals surface area contributed by atoms with E-state index in [1.54, 1.807) is 30.1 Å². The zero-order chi connectivity index (χ0) is 25.0. The summed E-state index contributed by atoms with van der Waals surface area (Å²) in [5.41, 5.74) is 4.53. The van der Waals surface area contributed by atoms with Crippen molar-refractivity contribution in [1.29, 1.82) is 0 Å². The maximum Gasteiger partial charge on any atom is 0.249 e. The molecular weight excluding hydrogens is 462 g/mol. The van der Waals surface area contributed by atoms with Crippen molar-refractivity contribution >= 4 is 22.3 Å². The Balaban J connectivity index is 1.37. The Kier molecular flexibility index (Phi) is 7.64. The monoisotopic (exact) mass is 493 g/mol. The van der Waals surface area contributed by atoms with Crippen LogP contribution in [0.2, 0.25) is 0 Å². The lowest BCUT2D eigenvalue weighted by molar-refractivity contribution is 0.175. The van der Waals surface area contributed by atoms with Gasteiger partial charge in [-0.15, -0.1) is 0 Å². The third kappa shape index (κ3) is 6.33. The fourth-order valence-corrected chi connectivity index (χ4v) is 4.77. The van der Waals surface area contributed by atoms with Crippen molar-refractivity contribution in [3.8, 4) is 11.1 Å². The molecule has 0 amide bonds. The van der Waals surface area contributed by atoms with E-state index in [-0.39, 0.29) is 18.6 Å². The molecule has 0 unspecified atom stereocenters. The molecule has 1 aliphatic carbocycles. The highest BCUT2D eigenvalue weighted by atomic mass is 32.2.